The van der Waals surface area contributed by atoms with Gasteiger partial charge in [0, 0.05) is 0 Å². The third-order valence-electron chi connectivity index (χ3n) is 4.88. The molecule has 0 spiro atoms. The molecule has 0 aliphatic carbocycles. The summed E-state index contributed by atoms with van der Waals surface area (Å²) >= 11 is 0. The Morgan fingerprint density at radius 2 is 1.67 bits per heavy atom. The van der Waals surface area contributed by atoms with E-state index in [-0.39, 0.29) is 10.8 Å². The summed E-state index contributed by atoms with van der Waals surface area (Å²) in [6.07, 6.45) is 1.70. The Labute approximate surface area is 163 Å². The molecule has 2 rings (SSSR count). The van der Waals surface area contributed by atoms with Gasteiger partial charge in [0.05, 0.1) is 17.1 Å². The van der Waals surface area contributed by atoms with Crippen molar-refractivity contribution in [1.29, 1.82) is 0 Å². The molecule has 2 aromatic rings. The minimum absolute atomic E-state index is 0.0808. The Kier molecular flexibility index (Phi) is 5.88. The molecule has 4 heteroatoms. The highest BCUT2D eigenvalue weighted by atomic mass is 16.4. The van der Waals surface area contributed by atoms with Crippen molar-refractivity contribution in [3.05, 3.63) is 46.8 Å². The van der Waals surface area contributed by atoms with Crippen molar-refractivity contribution in [2.45, 2.75) is 73.6 Å². The molecule has 1 N–H and O–H groups in total. The van der Waals surface area contributed by atoms with Crippen molar-refractivity contribution in [2.75, 3.05) is 0 Å². The maximum atomic E-state index is 11.9. The zero-order valence-corrected chi connectivity index (χ0v) is 18.1. The Morgan fingerprint density at radius 3 is 2.11 bits per heavy atom. The molecule has 1 unspecified atom stereocenters. The summed E-state index contributed by atoms with van der Waals surface area (Å²) < 4.78 is 1.77. The molecule has 0 amide bonds. The number of rotatable bonds is 5. The summed E-state index contributed by atoms with van der Waals surface area (Å²) in [4.78, 5) is 11.9. The molecule has 0 saturated carbocycles. The molecule has 0 radical (unpaired) electrons. The Morgan fingerprint density at radius 1 is 1.11 bits per heavy atom. The monoisotopic (exact) mass is 370 g/mol. The summed E-state index contributed by atoms with van der Waals surface area (Å²) in [6.45, 7) is 17.2. The van der Waals surface area contributed by atoms with Gasteiger partial charge in [0.1, 0.15) is 5.56 Å². The van der Waals surface area contributed by atoms with Crippen LogP contribution in [0.3, 0.4) is 0 Å². The average Bonchev–Trinajstić information content (AvgIpc) is 2.80. The normalized spacial score (nSPS) is 13.6. The Balaban J connectivity index is 2.40. The van der Waals surface area contributed by atoms with Crippen LogP contribution in [0.2, 0.25) is 0 Å². The lowest BCUT2D eigenvalue weighted by Crippen LogP contribution is -2.14. The van der Waals surface area contributed by atoms with Crippen molar-refractivity contribution in [3.8, 4) is 5.69 Å². The van der Waals surface area contributed by atoms with Gasteiger partial charge in [0.15, 0.2) is 0 Å². The Hall–Kier alpha value is -2.10. The average molecular weight is 371 g/mol. The van der Waals surface area contributed by atoms with Crippen LogP contribution in [-0.4, -0.2) is 20.9 Å². The molecule has 0 bridgehead atoms. The highest BCUT2D eigenvalue weighted by molar-refractivity contribution is 5.90. The molecule has 1 aromatic carbocycles. The van der Waals surface area contributed by atoms with Crippen molar-refractivity contribution in [3.63, 3.8) is 0 Å². The number of hydrogen-bond donors (Lipinski definition) is 1. The number of carboxylic acid groups (broad SMARTS) is 1. The fourth-order valence-electron chi connectivity index (χ4n) is 3.78. The first-order chi connectivity index (χ1) is 12.3. The smallest absolute Gasteiger partial charge is 0.339 e. The predicted octanol–water partition coefficient (Wildman–Crippen LogP) is 5.79. The summed E-state index contributed by atoms with van der Waals surface area (Å²) in [5.41, 5.74) is 4.14. The standard InChI is InChI=1S/C23H34N2O2/c1-15(14-22(3,4)5)13-19-20(21(26)27)16(2)25(24-19)18-11-9-17(10-12-18)23(6,7)8/h9-12,15H,13-14H2,1-8H3,(H,26,27). The van der Waals surface area contributed by atoms with Crippen molar-refractivity contribution in [2.24, 2.45) is 11.3 Å². The fraction of sp³-hybridized carbons (Fsp3) is 0.565. The summed E-state index contributed by atoms with van der Waals surface area (Å²) in [6, 6.07) is 8.24. The van der Waals surface area contributed by atoms with E-state index >= 15 is 0 Å². The van der Waals surface area contributed by atoms with Gasteiger partial charge in [-0.1, -0.05) is 60.6 Å². The quantitative estimate of drug-likeness (QED) is 0.724. The predicted molar refractivity (Wildman–Crippen MR) is 111 cm³/mol. The van der Waals surface area contributed by atoms with Gasteiger partial charge in [0.2, 0.25) is 0 Å². The zero-order valence-electron chi connectivity index (χ0n) is 18.1. The van der Waals surface area contributed by atoms with E-state index in [1.807, 2.05) is 19.1 Å². The van der Waals surface area contributed by atoms with Gasteiger partial charge < -0.3 is 5.11 Å². The largest absolute Gasteiger partial charge is 0.478 e. The van der Waals surface area contributed by atoms with Crippen LogP contribution in [0.5, 0.6) is 0 Å². The molecule has 4 nitrogen and oxygen atoms in total. The molecular weight excluding hydrogens is 336 g/mol. The van der Waals surface area contributed by atoms with Crippen LogP contribution < -0.4 is 0 Å². The van der Waals surface area contributed by atoms with E-state index in [4.69, 9.17) is 5.10 Å². The van der Waals surface area contributed by atoms with Crippen LogP contribution in [0.15, 0.2) is 24.3 Å². The SMILES string of the molecule is Cc1c(C(=O)O)c(CC(C)CC(C)(C)C)nn1-c1ccc(C(C)(C)C)cc1. The number of carbonyl (C=O) groups is 1. The first-order valence-electron chi connectivity index (χ1n) is 9.72. The minimum atomic E-state index is -0.900. The molecule has 1 heterocycles. The number of nitrogens with zero attached hydrogens (tertiary/aromatic N) is 2. The first kappa shape index (κ1) is 21.2. The number of hydrogen-bond acceptors (Lipinski definition) is 2. The molecule has 1 atom stereocenters. The second-order valence-corrected chi connectivity index (χ2v) is 10.00. The van der Waals surface area contributed by atoms with E-state index in [1.54, 1.807) is 4.68 Å². The lowest BCUT2D eigenvalue weighted by molar-refractivity contribution is 0.0694. The molecule has 0 aliphatic rings. The van der Waals surface area contributed by atoms with Crippen LogP contribution in [0.1, 0.15) is 82.2 Å². The maximum absolute atomic E-state index is 11.9. The van der Waals surface area contributed by atoms with E-state index in [9.17, 15) is 9.90 Å². The number of aromatic nitrogens is 2. The van der Waals surface area contributed by atoms with Crippen LogP contribution in [0, 0.1) is 18.3 Å². The third-order valence-corrected chi connectivity index (χ3v) is 4.88. The summed E-state index contributed by atoms with van der Waals surface area (Å²) in [5.74, 6) is -0.530. The minimum Gasteiger partial charge on any atom is -0.478 e. The van der Waals surface area contributed by atoms with Crippen molar-refractivity contribution >= 4 is 5.97 Å². The molecule has 0 saturated heterocycles. The van der Waals surface area contributed by atoms with Crippen molar-refractivity contribution < 1.29 is 9.90 Å². The van der Waals surface area contributed by atoms with E-state index in [0.29, 0.717) is 29.3 Å². The zero-order chi connectivity index (χ0) is 20.6. The van der Waals surface area contributed by atoms with Crippen LogP contribution in [-0.2, 0) is 11.8 Å². The highest BCUT2D eigenvalue weighted by Crippen LogP contribution is 2.29. The molecular formula is C23H34N2O2. The maximum Gasteiger partial charge on any atom is 0.339 e. The van der Waals surface area contributed by atoms with Gasteiger partial charge in [-0.3, -0.25) is 0 Å². The highest BCUT2D eigenvalue weighted by Gasteiger charge is 2.24. The molecule has 27 heavy (non-hydrogen) atoms. The van der Waals surface area contributed by atoms with Gasteiger partial charge in [-0.05, 0) is 54.2 Å². The molecule has 0 fully saturated rings. The van der Waals surface area contributed by atoms with Gasteiger partial charge in [-0.2, -0.15) is 5.10 Å². The summed E-state index contributed by atoms with van der Waals surface area (Å²) in [7, 11) is 0. The van der Waals surface area contributed by atoms with E-state index in [1.165, 1.54) is 5.56 Å². The third kappa shape index (κ3) is 5.21. The van der Waals surface area contributed by atoms with Gasteiger partial charge in [-0.25, -0.2) is 9.48 Å². The fourth-order valence-corrected chi connectivity index (χ4v) is 3.78. The number of aromatic carboxylic acids is 1. The van der Waals surface area contributed by atoms with Crippen LogP contribution in [0.25, 0.3) is 5.69 Å². The summed E-state index contributed by atoms with van der Waals surface area (Å²) in [5, 5.41) is 14.4. The second-order valence-electron chi connectivity index (χ2n) is 10.00. The van der Waals surface area contributed by atoms with E-state index < -0.39 is 5.97 Å². The van der Waals surface area contributed by atoms with E-state index in [0.717, 1.165) is 12.1 Å². The second kappa shape index (κ2) is 7.49. The number of carboxylic acids is 1. The van der Waals surface area contributed by atoms with Crippen LogP contribution >= 0.6 is 0 Å². The molecule has 148 valence electrons. The lowest BCUT2D eigenvalue weighted by atomic mass is 9.83. The Bertz CT molecular complexity index is 803. The first-order valence-corrected chi connectivity index (χ1v) is 9.72. The molecule has 1 aromatic heterocycles. The molecule has 0 aliphatic heterocycles. The van der Waals surface area contributed by atoms with Gasteiger partial charge in [-0.15, -0.1) is 0 Å². The van der Waals surface area contributed by atoms with E-state index in [2.05, 4.69) is 60.6 Å². The van der Waals surface area contributed by atoms with Gasteiger partial charge in [0.25, 0.3) is 0 Å². The number of benzene rings is 1. The van der Waals surface area contributed by atoms with Crippen molar-refractivity contribution in [1.82, 2.24) is 9.78 Å². The topological polar surface area (TPSA) is 55.1 Å². The van der Waals surface area contributed by atoms with Gasteiger partial charge >= 0.3 is 5.97 Å². The van der Waals surface area contributed by atoms with Crippen LogP contribution in [0.4, 0.5) is 0 Å². The lowest BCUT2D eigenvalue weighted by Gasteiger charge is -2.22.